The van der Waals surface area contributed by atoms with E-state index in [1.807, 2.05) is 31.1 Å². The maximum Gasteiger partial charge on any atom is 0.256 e. The third-order valence-electron chi connectivity index (χ3n) is 6.84. The van der Waals surface area contributed by atoms with Gasteiger partial charge in [0.25, 0.3) is 5.91 Å². The molecule has 2 atom stereocenters. The summed E-state index contributed by atoms with van der Waals surface area (Å²) in [6, 6.07) is 7.00. The monoisotopic (exact) mass is 530 g/mol. The van der Waals surface area contributed by atoms with Gasteiger partial charge in [0.2, 0.25) is 0 Å². The van der Waals surface area contributed by atoms with Gasteiger partial charge in [0.05, 0.1) is 23.0 Å². The topological polar surface area (TPSA) is 119 Å². The van der Waals surface area contributed by atoms with E-state index >= 15 is 0 Å². The molecule has 192 valence electrons. The highest BCUT2D eigenvalue weighted by Gasteiger charge is 2.33. The van der Waals surface area contributed by atoms with E-state index in [1.54, 1.807) is 22.7 Å². The first-order chi connectivity index (χ1) is 17.1. The number of aryl methyl sites for hydroxylation is 1. The fourth-order valence-electron chi connectivity index (χ4n) is 4.97. The molecule has 2 fully saturated rings. The molecule has 0 saturated carbocycles. The summed E-state index contributed by atoms with van der Waals surface area (Å²) in [6.07, 6.45) is 5.91. The number of nitrogens with zero attached hydrogens (tertiary/aromatic N) is 5. The van der Waals surface area contributed by atoms with E-state index in [4.69, 9.17) is 26.5 Å². The Balaban J connectivity index is 1.47. The highest BCUT2D eigenvalue weighted by molar-refractivity contribution is 7.93. The average molecular weight is 531 g/mol. The lowest BCUT2D eigenvalue weighted by atomic mass is 9.98. The highest BCUT2D eigenvalue weighted by Crippen LogP contribution is 2.34. The van der Waals surface area contributed by atoms with Crippen molar-refractivity contribution in [2.24, 2.45) is 0 Å². The zero-order valence-electron chi connectivity index (χ0n) is 20.6. The van der Waals surface area contributed by atoms with Crippen LogP contribution in [-0.4, -0.2) is 68.6 Å². The molecular weight excluding hydrogens is 500 g/mol. The molecule has 10 nitrogen and oxygen atoms in total. The van der Waals surface area contributed by atoms with Crippen LogP contribution in [0, 0.1) is 11.7 Å². The number of nitrogens with one attached hydrogen (secondary N) is 3. The van der Waals surface area contributed by atoms with E-state index in [0.29, 0.717) is 28.9 Å². The predicted molar refractivity (Wildman–Crippen MR) is 142 cm³/mol. The number of benzene rings is 1. The molecule has 1 aromatic carbocycles. The minimum absolute atomic E-state index is 0.219. The van der Waals surface area contributed by atoms with Crippen LogP contribution in [0.15, 0.2) is 30.5 Å². The molecule has 0 bridgehead atoms. The van der Waals surface area contributed by atoms with Gasteiger partial charge in [0.15, 0.2) is 5.65 Å². The van der Waals surface area contributed by atoms with Crippen LogP contribution < -0.4 is 14.9 Å². The van der Waals surface area contributed by atoms with Crippen molar-refractivity contribution in [1.82, 2.24) is 24.8 Å². The van der Waals surface area contributed by atoms with Crippen molar-refractivity contribution in [3.05, 3.63) is 52.3 Å². The molecule has 2 aliphatic heterocycles. The van der Waals surface area contributed by atoms with Crippen LogP contribution in [0.1, 0.15) is 46.9 Å². The minimum atomic E-state index is -3.07. The number of piperidine rings is 1. The Bertz CT molecular complexity index is 1420. The number of halogens is 1. The summed E-state index contributed by atoms with van der Waals surface area (Å²) in [7, 11) is -1.10. The molecule has 4 heterocycles. The smallest absolute Gasteiger partial charge is 0.256 e. The largest absolute Gasteiger partial charge is 0.353 e. The van der Waals surface area contributed by atoms with Gasteiger partial charge in [-0.15, -0.1) is 0 Å². The van der Waals surface area contributed by atoms with Gasteiger partial charge in [-0.25, -0.2) is 18.5 Å². The van der Waals surface area contributed by atoms with Crippen LogP contribution >= 0.6 is 11.6 Å². The molecule has 0 aliphatic carbocycles. The number of anilines is 2. The zero-order valence-corrected chi connectivity index (χ0v) is 22.2. The minimum Gasteiger partial charge on any atom is -0.353 e. The Morgan fingerprint density at radius 1 is 1.25 bits per heavy atom. The van der Waals surface area contributed by atoms with E-state index in [2.05, 4.69) is 14.9 Å². The molecule has 12 heteroatoms. The Kier molecular flexibility index (Phi) is 6.56. The standard InChI is InChI=1S/C24H31ClN8O2S/c1-15-12-33-22(28-23(15)31-13-17(14-31)27-2)11-20(29-33)21-6-4-5-9-32(21)24(34)18-10-16(25)7-8-19(18)30-36(3,26)35/h7-8,10-12,17,21,27H,4-6,9,13-14H2,1-3H3,(H2,26,30,35). The SMILES string of the molecule is CNC1CN(c2nc3cc(C4CCCCN4C(=O)c4cc(Cl)ccc4NS(C)(=N)=O)nn3cc2C)C1. The van der Waals surface area contributed by atoms with E-state index in [0.717, 1.165) is 55.1 Å². The average Bonchev–Trinajstić information content (AvgIpc) is 3.21. The third kappa shape index (κ3) is 4.87. The maximum absolute atomic E-state index is 13.8. The van der Waals surface area contributed by atoms with E-state index in [-0.39, 0.29) is 11.9 Å². The number of hydrogen-bond acceptors (Lipinski definition) is 7. The molecule has 3 aromatic rings. The first kappa shape index (κ1) is 24.8. The van der Waals surface area contributed by atoms with Gasteiger partial charge in [-0.2, -0.15) is 5.10 Å². The Labute approximate surface area is 216 Å². The number of carbonyl (C=O) groups excluding carboxylic acids is 1. The van der Waals surface area contributed by atoms with Gasteiger partial charge in [-0.05, 0) is 51.4 Å². The molecule has 5 rings (SSSR count). The first-order valence-electron chi connectivity index (χ1n) is 12.0. The van der Waals surface area contributed by atoms with E-state index in [1.165, 1.54) is 6.26 Å². The van der Waals surface area contributed by atoms with Gasteiger partial charge >= 0.3 is 0 Å². The molecule has 0 spiro atoms. The summed E-state index contributed by atoms with van der Waals surface area (Å²) in [5.74, 6) is 0.735. The van der Waals surface area contributed by atoms with Crippen molar-refractivity contribution < 1.29 is 9.00 Å². The summed E-state index contributed by atoms with van der Waals surface area (Å²) in [5, 5.41) is 8.50. The number of rotatable bonds is 6. The zero-order chi connectivity index (χ0) is 25.6. The first-order valence-corrected chi connectivity index (χ1v) is 14.4. The lowest BCUT2D eigenvalue weighted by molar-refractivity contribution is 0.0607. The molecule has 36 heavy (non-hydrogen) atoms. The number of amides is 1. The van der Waals surface area contributed by atoms with Crippen LogP contribution in [0.25, 0.3) is 5.65 Å². The highest BCUT2D eigenvalue weighted by atomic mass is 35.5. The second-order valence-corrected chi connectivity index (χ2v) is 12.0. The second-order valence-electron chi connectivity index (χ2n) is 9.66. The molecular formula is C24H31ClN8O2S. The van der Waals surface area contributed by atoms with Gasteiger partial charge in [0, 0.05) is 54.8 Å². The molecule has 2 unspecified atom stereocenters. The summed E-state index contributed by atoms with van der Waals surface area (Å²) >= 11 is 6.22. The number of hydrogen-bond donors (Lipinski definition) is 3. The third-order valence-corrected chi connectivity index (χ3v) is 7.68. The van der Waals surface area contributed by atoms with Crippen LogP contribution in [0.2, 0.25) is 5.02 Å². The second kappa shape index (κ2) is 9.53. The van der Waals surface area contributed by atoms with Crippen molar-refractivity contribution in [3.8, 4) is 0 Å². The summed E-state index contributed by atoms with van der Waals surface area (Å²) in [6.45, 7) is 4.45. The Morgan fingerprint density at radius 2 is 2.03 bits per heavy atom. The number of carbonyl (C=O) groups is 1. The molecule has 0 radical (unpaired) electrons. The van der Waals surface area contributed by atoms with Crippen molar-refractivity contribution in [3.63, 3.8) is 0 Å². The van der Waals surface area contributed by atoms with Crippen LogP contribution in [0.3, 0.4) is 0 Å². The maximum atomic E-state index is 13.8. The summed E-state index contributed by atoms with van der Waals surface area (Å²) in [4.78, 5) is 22.7. The number of aromatic nitrogens is 3. The fourth-order valence-corrected chi connectivity index (χ4v) is 5.74. The summed E-state index contributed by atoms with van der Waals surface area (Å²) in [5.41, 5.74) is 3.23. The van der Waals surface area contributed by atoms with E-state index in [9.17, 15) is 9.00 Å². The van der Waals surface area contributed by atoms with E-state index < -0.39 is 9.92 Å². The quantitative estimate of drug-likeness (QED) is 0.449. The van der Waals surface area contributed by atoms with Crippen molar-refractivity contribution in [2.45, 2.75) is 38.3 Å². The number of fused-ring (bicyclic) bond motifs is 1. The lowest BCUT2D eigenvalue weighted by Gasteiger charge is -2.40. The Hall–Kier alpha value is -2.89. The van der Waals surface area contributed by atoms with Gasteiger partial charge < -0.3 is 15.1 Å². The van der Waals surface area contributed by atoms with Crippen molar-refractivity contribution >= 4 is 44.6 Å². The van der Waals surface area contributed by atoms with Gasteiger partial charge in [-0.1, -0.05) is 11.6 Å². The van der Waals surface area contributed by atoms with Crippen molar-refractivity contribution in [2.75, 3.05) is 42.6 Å². The van der Waals surface area contributed by atoms with Crippen LogP contribution in [0.4, 0.5) is 11.5 Å². The lowest BCUT2D eigenvalue weighted by Crippen LogP contribution is -2.57. The Morgan fingerprint density at radius 3 is 2.75 bits per heavy atom. The number of likely N-dealkylation sites (tertiary alicyclic amines) is 1. The van der Waals surface area contributed by atoms with Crippen LogP contribution in [-0.2, 0) is 9.92 Å². The van der Waals surface area contributed by atoms with Crippen LogP contribution in [0.5, 0.6) is 0 Å². The van der Waals surface area contributed by atoms with Gasteiger partial charge in [-0.3, -0.25) is 9.52 Å². The molecule has 2 aliphatic rings. The fraction of sp³-hybridized carbons (Fsp3) is 0.458. The summed E-state index contributed by atoms with van der Waals surface area (Å²) < 4.78 is 24.3. The molecule has 2 saturated heterocycles. The number of likely N-dealkylation sites (N-methyl/N-ethyl adjacent to an activating group) is 1. The molecule has 3 N–H and O–H groups in total. The molecule has 1 amide bonds. The normalized spacial score (nSPS) is 20.3. The predicted octanol–water partition coefficient (Wildman–Crippen LogP) is 3.47. The van der Waals surface area contributed by atoms with Crippen molar-refractivity contribution in [1.29, 1.82) is 4.78 Å². The van der Waals surface area contributed by atoms with Gasteiger partial charge in [0.1, 0.15) is 15.7 Å². The molecule has 2 aromatic heterocycles.